The Kier molecular flexibility index (Phi) is 5.56. The average Bonchev–Trinajstić information content (AvgIpc) is 3.01. The quantitative estimate of drug-likeness (QED) is 0.418. The maximum Gasteiger partial charge on any atom is 0.363 e. The van der Waals surface area contributed by atoms with Crippen molar-refractivity contribution in [1.82, 2.24) is 0 Å². The first kappa shape index (κ1) is 19.0. The third-order valence-corrected chi connectivity index (χ3v) is 4.50. The van der Waals surface area contributed by atoms with Crippen molar-refractivity contribution in [2.75, 3.05) is 18.0 Å². The molecule has 0 spiro atoms. The fraction of sp³-hybridized carbons (Fsp3) is 0.200. The van der Waals surface area contributed by atoms with E-state index in [0.717, 1.165) is 36.5 Å². The summed E-state index contributed by atoms with van der Waals surface area (Å²) in [6.07, 6.45) is 1.56. The minimum absolute atomic E-state index is 0.0178. The first-order valence-corrected chi connectivity index (χ1v) is 8.83. The zero-order valence-corrected chi connectivity index (χ0v) is 15.6. The van der Waals surface area contributed by atoms with E-state index in [-0.39, 0.29) is 22.2 Å². The number of esters is 1. The minimum Gasteiger partial charge on any atom is -0.402 e. The van der Waals surface area contributed by atoms with Crippen molar-refractivity contribution in [3.8, 4) is 0 Å². The monoisotopic (exact) mass is 390 g/mol. The number of hydrogen-bond donors (Lipinski definition) is 0. The normalized spacial score (nSPS) is 15.1. The molecule has 0 atom stereocenters. The molecule has 4 nitrogen and oxygen atoms in total. The molecule has 0 bridgehead atoms. The molecule has 0 unspecified atom stereocenters. The van der Waals surface area contributed by atoms with Crippen LogP contribution >= 0.6 is 11.6 Å². The number of halogens is 3. The molecule has 140 valence electrons. The van der Waals surface area contributed by atoms with Crippen molar-refractivity contribution >= 4 is 35.2 Å². The van der Waals surface area contributed by atoms with Crippen molar-refractivity contribution in [2.24, 2.45) is 4.99 Å². The van der Waals surface area contributed by atoms with Gasteiger partial charge in [0.1, 0.15) is 0 Å². The van der Waals surface area contributed by atoms with Gasteiger partial charge in [-0.05, 0) is 49.8 Å². The molecule has 1 aliphatic rings. The van der Waals surface area contributed by atoms with E-state index >= 15 is 0 Å². The molecule has 0 amide bonds. The molecule has 2 aromatic rings. The molecule has 1 heterocycles. The number of hydrogen-bond acceptors (Lipinski definition) is 4. The van der Waals surface area contributed by atoms with Gasteiger partial charge in [-0.1, -0.05) is 23.7 Å². The molecule has 3 rings (SSSR count). The second-order valence-electron chi connectivity index (χ2n) is 5.85. The molecule has 0 saturated heterocycles. The fourth-order valence-electron chi connectivity index (χ4n) is 2.74. The van der Waals surface area contributed by atoms with E-state index in [0.29, 0.717) is 0 Å². The molecule has 2 aromatic carbocycles. The SMILES string of the molecule is CCN(CC)c1ccc(/C=C2/N=C(c3cc(F)c(F)cc3Cl)OC2=O)cc1. The molecule has 0 N–H and O–H groups in total. The number of cyclic esters (lactones) is 1. The molecule has 27 heavy (non-hydrogen) atoms. The number of rotatable bonds is 5. The maximum absolute atomic E-state index is 13.5. The van der Waals surface area contributed by atoms with Crippen LogP contribution < -0.4 is 4.90 Å². The first-order valence-electron chi connectivity index (χ1n) is 8.45. The molecular weight excluding hydrogens is 374 g/mol. The Morgan fingerprint density at radius 1 is 1.11 bits per heavy atom. The highest BCUT2D eigenvalue weighted by molar-refractivity contribution is 6.34. The van der Waals surface area contributed by atoms with Crippen LogP contribution in [0.2, 0.25) is 5.02 Å². The number of nitrogens with zero attached hydrogens (tertiary/aromatic N) is 2. The maximum atomic E-state index is 13.5. The second kappa shape index (κ2) is 7.88. The van der Waals surface area contributed by atoms with Crippen LogP contribution in [0.15, 0.2) is 47.1 Å². The topological polar surface area (TPSA) is 41.9 Å². The van der Waals surface area contributed by atoms with Crippen molar-refractivity contribution in [1.29, 1.82) is 0 Å². The predicted octanol–water partition coefficient (Wildman–Crippen LogP) is 4.81. The van der Waals surface area contributed by atoms with Gasteiger partial charge in [-0.15, -0.1) is 0 Å². The van der Waals surface area contributed by atoms with Gasteiger partial charge in [0.25, 0.3) is 0 Å². The molecule has 0 aromatic heterocycles. The summed E-state index contributed by atoms with van der Waals surface area (Å²) < 4.78 is 31.7. The lowest BCUT2D eigenvalue weighted by Crippen LogP contribution is -2.21. The minimum atomic E-state index is -1.10. The van der Waals surface area contributed by atoms with Gasteiger partial charge in [0.05, 0.1) is 10.6 Å². The predicted molar refractivity (Wildman–Crippen MR) is 102 cm³/mol. The van der Waals surface area contributed by atoms with E-state index in [1.807, 2.05) is 24.3 Å². The number of aliphatic imine (C=N–C) groups is 1. The van der Waals surface area contributed by atoms with Gasteiger partial charge in [-0.25, -0.2) is 18.6 Å². The van der Waals surface area contributed by atoms with Gasteiger partial charge in [-0.2, -0.15) is 0 Å². The Labute approximate surface area is 160 Å². The van der Waals surface area contributed by atoms with E-state index in [4.69, 9.17) is 16.3 Å². The van der Waals surface area contributed by atoms with E-state index in [2.05, 4.69) is 23.7 Å². The second-order valence-corrected chi connectivity index (χ2v) is 6.25. The fourth-order valence-corrected chi connectivity index (χ4v) is 2.97. The van der Waals surface area contributed by atoms with E-state index in [9.17, 15) is 13.6 Å². The number of carbonyl (C=O) groups is 1. The van der Waals surface area contributed by atoms with Crippen LogP contribution in [0.3, 0.4) is 0 Å². The van der Waals surface area contributed by atoms with E-state index in [1.54, 1.807) is 6.08 Å². The molecule has 0 aliphatic carbocycles. The van der Waals surface area contributed by atoms with E-state index < -0.39 is 17.6 Å². The lowest BCUT2D eigenvalue weighted by atomic mass is 10.1. The van der Waals surface area contributed by atoms with Gasteiger partial charge >= 0.3 is 5.97 Å². The third kappa shape index (κ3) is 4.01. The summed E-state index contributed by atoms with van der Waals surface area (Å²) in [6, 6.07) is 9.31. The molecule has 0 saturated carbocycles. The van der Waals surface area contributed by atoms with Crippen LogP contribution in [-0.4, -0.2) is 25.0 Å². The summed E-state index contributed by atoms with van der Waals surface area (Å²) in [4.78, 5) is 18.3. The van der Waals surface area contributed by atoms with Gasteiger partial charge < -0.3 is 9.64 Å². The summed E-state index contributed by atoms with van der Waals surface area (Å²) >= 11 is 5.91. The summed E-state index contributed by atoms with van der Waals surface area (Å²) in [5, 5.41) is -0.0923. The van der Waals surface area contributed by atoms with Crippen LogP contribution in [0.25, 0.3) is 6.08 Å². The Morgan fingerprint density at radius 3 is 2.37 bits per heavy atom. The van der Waals surface area contributed by atoms with Crippen molar-refractivity contribution in [3.05, 3.63) is 69.9 Å². The Morgan fingerprint density at radius 2 is 1.74 bits per heavy atom. The van der Waals surface area contributed by atoms with Gasteiger partial charge in [0, 0.05) is 18.8 Å². The molecule has 1 aliphatic heterocycles. The van der Waals surface area contributed by atoms with E-state index in [1.165, 1.54) is 0 Å². The van der Waals surface area contributed by atoms with Crippen molar-refractivity contribution < 1.29 is 18.3 Å². The molecular formula is C20H17ClF2N2O2. The van der Waals surface area contributed by atoms with Crippen LogP contribution in [0.4, 0.5) is 14.5 Å². The number of benzene rings is 2. The Hall–Kier alpha value is -2.73. The van der Waals surface area contributed by atoms with Gasteiger partial charge in [0.2, 0.25) is 5.90 Å². The van der Waals surface area contributed by atoms with Crippen molar-refractivity contribution in [2.45, 2.75) is 13.8 Å². The van der Waals surface area contributed by atoms with Crippen LogP contribution in [0, 0.1) is 11.6 Å². The summed E-state index contributed by atoms with van der Waals surface area (Å²) in [7, 11) is 0. The van der Waals surface area contributed by atoms with Gasteiger partial charge in [0.15, 0.2) is 17.3 Å². The van der Waals surface area contributed by atoms with Crippen LogP contribution in [-0.2, 0) is 9.53 Å². The average molecular weight is 391 g/mol. The largest absolute Gasteiger partial charge is 0.402 e. The number of carbonyl (C=O) groups excluding carboxylic acids is 1. The highest BCUT2D eigenvalue weighted by Crippen LogP contribution is 2.26. The smallest absolute Gasteiger partial charge is 0.363 e. The highest BCUT2D eigenvalue weighted by atomic mass is 35.5. The zero-order valence-electron chi connectivity index (χ0n) is 14.8. The van der Waals surface area contributed by atoms with Crippen molar-refractivity contribution in [3.63, 3.8) is 0 Å². The zero-order chi connectivity index (χ0) is 19.6. The third-order valence-electron chi connectivity index (χ3n) is 4.19. The standard InChI is InChI=1S/C20H17ClF2N2O2/c1-3-25(4-2)13-7-5-12(6-8-13)9-18-20(26)27-19(24-18)14-10-16(22)17(23)11-15(14)21/h5-11H,3-4H2,1-2H3/b18-9+. The first-order chi connectivity index (χ1) is 12.9. The molecule has 7 heteroatoms. The molecule has 0 fully saturated rings. The summed E-state index contributed by atoms with van der Waals surface area (Å²) in [6.45, 7) is 5.94. The highest BCUT2D eigenvalue weighted by Gasteiger charge is 2.26. The lowest BCUT2D eigenvalue weighted by molar-refractivity contribution is -0.129. The van der Waals surface area contributed by atoms with Gasteiger partial charge in [-0.3, -0.25) is 0 Å². The summed E-state index contributed by atoms with van der Waals surface area (Å²) in [5.74, 6) is -3.02. The molecule has 0 radical (unpaired) electrons. The van der Waals surface area contributed by atoms with Crippen LogP contribution in [0.5, 0.6) is 0 Å². The van der Waals surface area contributed by atoms with Crippen LogP contribution in [0.1, 0.15) is 25.0 Å². The number of ether oxygens (including phenoxy) is 1. The Balaban J connectivity index is 1.89. The summed E-state index contributed by atoms with van der Waals surface area (Å²) in [5.41, 5.74) is 1.92. The Bertz CT molecular complexity index is 936. The lowest BCUT2D eigenvalue weighted by Gasteiger charge is -2.20. The number of anilines is 1.